The van der Waals surface area contributed by atoms with Gasteiger partial charge in [-0.1, -0.05) is 53.6 Å². The van der Waals surface area contributed by atoms with Crippen molar-refractivity contribution in [1.82, 2.24) is 5.16 Å². The van der Waals surface area contributed by atoms with Gasteiger partial charge in [0.15, 0.2) is 0 Å². The van der Waals surface area contributed by atoms with E-state index >= 15 is 0 Å². The van der Waals surface area contributed by atoms with Crippen LogP contribution in [-0.4, -0.2) is 16.2 Å². The molecule has 6 rings (SSSR count). The van der Waals surface area contributed by atoms with Crippen LogP contribution in [-0.2, 0) is 21.4 Å². The van der Waals surface area contributed by atoms with E-state index in [9.17, 15) is 9.59 Å². The van der Waals surface area contributed by atoms with E-state index < -0.39 is 5.41 Å². The molecule has 4 fully saturated rings. The molecule has 1 aromatic heterocycles. The van der Waals surface area contributed by atoms with Gasteiger partial charge in [-0.15, -0.1) is 0 Å². The van der Waals surface area contributed by atoms with E-state index in [0.29, 0.717) is 24.0 Å². The van der Waals surface area contributed by atoms with Gasteiger partial charge in [-0.2, -0.15) is 0 Å². The van der Waals surface area contributed by atoms with Crippen molar-refractivity contribution in [3.63, 3.8) is 0 Å². The maximum absolute atomic E-state index is 14.4. The highest BCUT2D eigenvalue weighted by Crippen LogP contribution is 2.76. The summed E-state index contributed by atoms with van der Waals surface area (Å²) in [6.07, 6.45) is 10.3. The molecule has 0 N–H and O–H groups in total. The van der Waals surface area contributed by atoms with E-state index in [0.717, 1.165) is 57.1 Å². The Bertz CT molecular complexity index is 1140. The average Bonchev–Trinajstić information content (AvgIpc) is 3.23. The highest BCUT2D eigenvalue weighted by molar-refractivity contribution is 6.64. The Morgan fingerprint density at radius 1 is 0.972 bits per heavy atom. The van der Waals surface area contributed by atoms with Crippen LogP contribution < -0.4 is 0 Å². The van der Waals surface area contributed by atoms with Crippen molar-refractivity contribution in [3.8, 4) is 0 Å². The van der Waals surface area contributed by atoms with Crippen molar-refractivity contribution in [3.05, 3.63) is 17.5 Å². The quantitative estimate of drug-likeness (QED) is 0.364. The summed E-state index contributed by atoms with van der Waals surface area (Å²) in [5.74, 6) is 2.21. The molecule has 1 heterocycles. The number of ketones is 1. The van der Waals surface area contributed by atoms with E-state index in [4.69, 9.17) is 16.1 Å². The number of hydrogen-bond donors (Lipinski definition) is 0. The molecule has 0 aliphatic heterocycles. The highest BCUT2D eigenvalue weighted by Gasteiger charge is 2.73. The first-order valence-electron chi connectivity index (χ1n) is 14.3. The second-order valence-corrected chi connectivity index (χ2v) is 16.0. The fraction of sp³-hybridized carbons (Fsp3) is 0.839. The van der Waals surface area contributed by atoms with E-state index in [-0.39, 0.29) is 44.2 Å². The molecular weight excluding hydrogens is 470 g/mol. The smallest absolute Gasteiger partial charge is 0.228 e. The Hall–Kier alpha value is -1.16. The maximum Gasteiger partial charge on any atom is 0.228 e. The highest BCUT2D eigenvalue weighted by atomic mass is 35.5. The van der Waals surface area contributed by atoms with Crippen molar-refractivity contribution < 1.29 is 14.1 Å². The van der Waals surface area contributed by atoms with Crippen LogP contribution in [0.5, 0.6) is 0 Å². The largest absolute Gasteiger partial charge is 0.361 e. The Balaban J connectivity index is 1.46. The fourth-order valence-corrected chi connectivity index (χ4v) is 11.7. The number of hydrogen-bond acceptors (Lipinski definition) is 4. The first-order chi connectivity index (χ1) is 16.6. The Morgan fingerprint density at radius 2 is 1.67 bits per heavy atom. The van der Waals surface area contributed by atoms with Crippen molar-refractivity contribution in [2.24, 2.45) is 50.7 Å². The van der Waals surface area contributed by atoms with Crippen molar-refractivity contribution in [1.29, 1.82) is 0 Å². The molecule has 36 heavy (non-hydrogen) atoms. The van der Waals surface area contributed by atoms with Gasteiger partial charge in [0.2, 0.25) is 5.24 Å². The van der Waals surface area contributed by atoms with Gasteiger partial charge in [0.1, 0.15) is 11.5 Å². The zero-order valence-electron chi connectivity index (χ0n) is 23.3. The lowest BCUT2D eigenvalue weighted by Gasteiger charge is -2.72. The van der Waals surface area contributed by atoms with Crippen LogP contribution in [0.2, 0.25) is 0 Å². The summed E-state index contributed by atoms with van der Waals surface area (Å²) in [4.78, 5) is 27.5. The molecular formula is C31H44ClNO3. The Labute approximate surface area is 221 Å². The normalized spacial score (nSPS) is 48.6. The van der Waals surface area contributed by atoms with Crippen LogP contribution in [0.1, 0.15) is 111 Å². The van der Waals surface area contributed by atoms with Gasteiger partial charge in [0.05, 0.1) is 6.20 Å². The lowest BCUT2D eigenvalue weighted by molar-refractivity contribution is -0.226. The zero-order chi connectivity index (χ0) is 26.1. The lowest BCUT2D eigenvalue weighted by atomic mass is 9.31. The van der Waals surface area contributed by atoms with E-state index in [1.807, 2.05) is 6.20 Å². The van der Waals surface area contributed by atoms with E-state index in [1.54, 1.807) is 0 Å². The molecule has 0 amide bonds. The third kappa shape index (κ3) is 2.86. The summed E-state index contributed by atoms with van der Waals surface area (Å²) >= 11 is 6.43. The van der Waals surface area contributed by atoms with Crippen LogP contribution in [0.15, 0.2) is 10.7 Å². The minimum absolute atomic E-state index is 0.0152. The van der Waals surface area contributed by atoms with Gasteiger partial charge < -0.3 is 4.52 Å². The van der Waals surface area contributed by atoms with Crippen LogP contribution in [0.3, 0.4) is 0 Å². The minimum Gasteiger partial charge on any atom is -0.361 e. The third-order valence-electron chi connectivity index (χ3n) is 13.3. The van der Waals surface area contributed by atoms with Gasteiger partial charge in [0, 0.05) is 28.7 Å². The fourth-order valence-electron chi connectivity index (χ4n) is 11.3. The summed E-state index contributed by atoms with van der Waals surface area (Å²) in [7, 11) is 0. The Morgan fingerprint density at radius 3 is 2.36 bits per heavy atom. The van der Waals surface area contributed by atoms with Crippen molar-refractivity contribution >= 4 is 22.6 Å². The molecule has 4 nitrogen and oxygen atoms in total. The number of halogens is 1. The van der Waals surface area contributed by atoms with Crippen LogP contribution in [0.4, 0.5) is 0 Å². The maximum atomic E-state index is 14.4. The van der Waals surface area contributed by atoms with Crippen LogP contribution >= 0.6 is 11.6 Å². The van der Waals surface area contributed by atoms with Gasteiger partial charge in [0.25, 0.3) is 0 Å². The molecule has 5 aliphatic rings. The molecule has 0 unspecified atom stereocenters. The summed E-state index contributed by atoms with van der Waals surface area (Å²) in [6.45, 7) is 16.7. The molecule has 0 spiro atoms. The monoisotopic (exact) mass is 513 g/mol. The van der Waals surface area contributed by atoms with E-state index in [2.05, 4.69) is 53.6 Å². The SMILES string of the molecule is CC1(C)CC[C@]2(C(=O)Cl)CC[C@]3(C)[C@H](C(=O)C[C@@H]4[C@@]5(C)Cc6cnoc6C(C)(C)[C@@H]5CC[C@]43C)[C@@H]2C1. The molecule has 8 atom stereocenters. The predicted octanol–water partition coefficient (Wildman–Crippen LogP) is 7.51. The number of carbonyl (C=O) groups excluding carboxylic acids is 2. The first kappa shape index (κ1) is 25.1. The molecule has 5 heteroatoms. The number of nitrogens with zero attached hydrogens (tertiary/aromatic N) is 1. The second kappa shape index (κ2) is 7.27. The van der Waals surface area contributed by atoms with E-state index in [1.165, 1.54) is 5.56 Å². The number of rotatable bonds is 1. The van der Waals surface area contributed by atoms with Gasteiger partial charge in [-0.05, 0) is 102 Å². The lowest BCUT2D eigenvalue weighted by Crippen LogP contribution is -2.69. The second-order valence-electron chi connectivity index (χ2n) is 15.6. The third-order valence-corrected chi connectivity index (χ3v) is 13.7. The number of aromatic nitrogens is 1. The summed E-state index contributed by atoms with van der Waals surface area (Å²) in [6, 6.07) is 0. The molecule has 0 radical (unpaired) electrons. The zero-order valence-corrected chi connectivity index (χ0v) is 24.1. The summed E-state index contributed by atoms with van der Waals surface area (Å²) in [5.41, 5.74) is 0.692. The van der Waals surface area contributed by atoms with Gasteiger partial charge >= 0.3 is 0 Å². The standard InChI is InChI=1S/C31H44ClNO3/c1-26(2)10-12-31(25(32)35)13-11-30(7)23(19(31)16-26)20(34)14-22-28(5)15-18-17-33-36-24(18)27(3,4)21(28)8-9-29(22,30)6/h17,19,21-23H,8-16H2,1-7H3/t19-,21-,22+,23-,28-,29+,30+,31-/m0/s1. The predicted molar refractivity (Wildman–Crippen MR) is 141 cm³/mol. The molecule has 0 saturated heterocycles. The molecule has 5 aliphatic carbocycles. The van der Waals surface area contributed by atoms with Gasteiger partial charge in [-0.3, -0.25) is 9.59 Å². The molecule has 0 bridgehead atoms. The van der Waals surface area contributed by atoms with Crippen LogP contribution in [0, 0.1) is 50.7 Å². The Kier molecular flexibility index (Phi) is 5.08. The number of fused-ring (bicyclic) bond motifs is 8. The first-order valence-corrected chi connectivity index (χ1v) is 14.7. The molecule has 4 saturated carbocycles. The number of carbonyl (C=O) groups is 2. The topological polar surface area (TPSA) is 60.2 Å². The van der Waals surface area contributed by atoms with Crippen molar-refractivity contribution in [2.45, 2.75) is 112 Å². The minimum atomic E-state index is -0.522. The summed E-state index contributed by atoms with van der Waals surface area (Å²) in [5, 5.41) is 4.02. The van der Waals surface area contributed by atoms with Crippen molar-refractivity contribution in [2.75, 3.05) is 0 Å². The molecule has 1 aromatic rings. The number of Topliss-reactive ketones (excluding diaryl/α,β-unsaturated/α-hetero) is 1. The van der Waals surface area contributed by atoms with Crippen LogP contribution in [0.25, 0.3) is 0 Å². The summed E-state index contributed by atoms with van der Waals surface area (Å²) < 4.78 is 5.80. The molecule has 0 aromatic carbocycles. The molecule has 198 valence electrons. The van der Waals surface area contributed by atoms with Gasteiger partial charge in [-0.25, -0.2) is 0 Å². The average molecular weight is 514 g/mol.